The topological polar surface area (TPSA) is 152 Å². The molecule has 10 aromatic rings. The first-order valence-electron chi connectivity index (χ1n) is 22.3. The first-order chi connectivity index (χ1) is 32.6. The lowest BCUT2D eigenvalue weighted by Gasteiger charge is -2.30. The maximum atomic E-state index is 9.79. The molecule has 0 aliphatic carbocycles. The first-order valence-corrected chi connectivity index (χ1v) is 22.3. The van der Waals surface area contributed by atoms with E-state index in [1.807, 2.05) is 121 Å². The normalized spacial score (nSPS) is 14.0. The lowest BCUT2D eigenvalue weighted by molar-refractivity contribution is 0.577. The number of hydrogen-bond donors (Lipinski definition) is 1. The molecule has 1 N–H and O–H groups in total. The number of fused-ring (bicyclic) bond motifs is 4. The van der Waals surface area contributed by atoms with Crippen LogP contribution in [0.5, 0.6) is 0 Å². The summed E-state index contributed by atoms with van der Waals surface area (Å²) in [6, 6.07) is 37.1. The van der Waals surface area contributed by atoms with Gasteiger partial charge in [0, 0.05) is 109 Å². The molecule has 2 aliphatic heterocycles. The first kappa shape index (κ1) is 40.3. The van der Waals surface area contributed by atoms with E-state index in [0.717, 1.165) is 128 Å². The van der Waals surface area contributed by atoms with Gasteiger partial charge in [0.1, 0.15) is 12.1 Å². The van der Waals surface area contributed by atoms with Crippen molar-refractivity contribution in [1.29, 1.82) is 10.5 Å². The van der Waals surface area contributed by atoms with Crippen LogP contribution in [0.4, 0.5) is 11.4 Å². The number of nitrogens with zero attached hydrogens (tertiary/aromatic N) is 12. The molecule has 2 aliphatic rings. The number of pyridine rings is 2. The third-order valence-corrected chi connectivity index (χ3v) is 12.6. The number of nitriles is 2. The Hall–Kier alpha value is -8.52. The Bertz CT molecular complexity index is 3270. The predicted octanol–water partition coefficient (Wildman–Crippen LogP) is 9.37. The van der Waals surface area contributed by atoms with Gasteiger partial charge in [0.2, 0.25) is 0 Å². The number of nitrogens with one attached hydrogen (secondary N) is 1. The Morgan fingerprint density at radius 1 is 0.470 bits per heavy atom. The molecule has 0 atom stereocenters. The molecule has 66 heavy (non-hydrogen) atoms. The van der Waals surface area contributed by atoms with Crippen molar-refractivity contribution in [2.75, 3.05) is 49.1 Å². The standard InChI is InChI=1S/C27H22N6.C26H21N7/c28-15-20-14-19(8-9-26(20)32-12-4-1-5-13-32)21-16-30-27-24(17-31-33(27)18-21)22-10-11-29-25-7-3-2-6-23(22)25;27-14-19-13-18(5-6-25(19)32-11-9-28-10-12-32)20-15-30-26-23(16-31-33(26)17-20)21-7-8-29-24-4-2-1-3-22(21)24/h2-3,6-11,14,16-18H,1,4-5,12-13H2;1-8,13,15-17,28H,9-12H2. The molecule has 320 valence electrons. The largest absolute Gasteiger partial charge is 0.370 e. The lowest BCUT2D eigenvalue weighted by atomic mass is 10.0. The second kappa shape index (κ2) is 17.6. The number of aromatic nitrogens is 8. The van der Waals surface area contributed by atoms with Gasteiger partial charge in [0.05, 0.1) is 45.9 Å². The Labute approximate surface area is 380 Å². The van der Waals surface area contributed by atoms with Crippen molar-refractivity contribution < 1.29 is 0 Å². The van der Waals surface area contributed by atoms with Gasteiger partial charge in [-0.1, -0.05) is 48.5 Å². The zero-order chi connectivity index (χ0) is 44.4. The average molecular weight is 862 g/mol. The van der Waals surface area contributed by atoms with E-state index >= 15 is 0 Å². The molecule has 4 aromatic carbocycles. The van der Waals surface area contributed by atoms with Crippen LogP contribution in [0.2, 0.25) is 0 Å². The number of para-hydroxylation sites is 2. The molecule has 6 aromatic heterocycles. The Morgan fingerprint density at radius 2 is 0.955 bits per heavy atom. The number of hydrogen-bond acceptors (Lipinski definition) is 11. The van der Waals surface area contributed by atoms with Crippen LogP contribution in [-0.4, -0.2) is 78.4 Å². The van der Waals surface area contributed by atoms with Crippen molar-refractivity contribution >= 4 is 44.5 Å². The van der Waals surface area contributed by atoms with Crippen molar-refractivity contribution in [3.8, 4) is 56.6 Å². The highest BCUT2D eigenvalue weighted by Crippen LogP contribution is 2.34. The van der Waals surface area contributed by atoms with E-state index in [-0.39, 0.29) is 0 Å². The molecular weight excluding hydrogens is 819 g/mol. The fourth-order valence-electron chi connectivity index (χ4n) is 9.29. The summed E-state index contributed by atoms with van der Waals surface area (Å²) in [7, 11) is 0. The van der Waals surface area contributed by atoms with Gasteiger partial charge in [-0.2, -0.15) is 20.7 Å². The maximum absolute atomic E-state index is 9.79. The molecule has 8 heterocycles. The van der Waals surface area contributed by atoms with Crippen LogP contribution < -0.4 is 15.1 Å². The van der Waals surface area contributed by atoms with Gasteiger partial charge in [-0.05, 0) is 90.0 Å². The molecule has 13 nitrogen and oxygen atoms in total. The van der Waals surface area contributed by atoms with E-state index in [1.54, 1.807) is 4.52 Å². The predicted molar refractivity (Wildman–Crippen MR) is 259 cm³/mol. The van der Waals surface area contributed by atoms with Crippen molar-refractivity contribution in [1.82, 2.24) is 44.5 Å². The molecule has 0 saturated carbocycles. The second-order valence-corrected chi connectivity index (χ2v) is 16.6. The van der Waals surface area contributed by atoms with E-state index in [2.05, 4.69) is 77.8 Å². The molecule has 0 bridgehead atoms. The van der Waals surface area contributed by atoms with Gasteiger partial charge in [-0.25, -0.2) is 19.0 Å². The highest BCUT2D eigenvalue weighted by molar-refractivity contribution is 5.98. The van der Waals surface area contributed by atoms with Crippen molar-refractivity contribution in [2.24, 2.45) is 0 Å². The highest BCUT2D eigenvalue weighted by atomic mass is 15.2. The summed E-state index contributed by atoms with van der Waals surface area (Å²) < 4.78 is 3.61. The minimum absolute atomic E-state index is 0.680. The van der Waals surface area contributed by atoms with Crippen LogP contribution in [-0.2, 0) is 0 Å². The van der Waals surface area contributed by atoms with E-state index in [0.29, 0.717) is 11.1 Å². The lowest BCUT2D eigenvalue weighted by Crippen LogP contribution is -2.43. The quantitative estimate of drug-likeness (QED) is 0.170. The molecule has 0 unspecified atom stereocenters. The van der Waals surface area contributed by atoms with Crippen LogP contribution in [0.3, 0.4) is 0 Å². The molecule has 0 amide bonds. The fourth-order valence-corrected chi connectivity index (χ4v) is 9.29. The van der Waals surface area contributed by atoms with Gasteiger partial charge < -0.3 is 15.1 Å². The Morgan fingerprint density at radius 3 is 1.45 bits per heavy atom. The van der Waals surface area contributed by atoms with Crippen LogP contribution in [0.15, 0.2) is 147 Å². The summed E-state index contributed by atoms with van der Waals surface area (Å²) in [4.78, 5) is 23.0. The molecule has 2 saturated heterocycles. The van der Waals surface area contributed by atoms with Gasteiger partial charge in [0.25, 0.3) is 0 Å². The zero-order valence-corrected chi connectivity index (χ0v) is 36.1. The SMILES string of the molecule is N#Cc1cc(-c2cnc3c(-c4ccnc5ccccc45)cnn3c2)ccc1N1CCCCC1.N#Cc1cc(-c2cnc3c(-c4ccnc5ccccc45)cnn3c2)ccc1N1CCNCC1. The van der Waals surface area contributed by atoms with Crippen LogP contribution in [0.1, 0.15) is 30.4 Å². The monoisotopic (exact) mass is 861 g/mol. The highest BCUT2D eigenvalue weighted by Gasteiger charge is 2.19. The second-order valence-electron chi connectivity index (χ2n) is 16.6. The zero-order valence-electron chi connectivity index (χ0n) is 36.1. The number of anilines is 2. The average Bonchev–Trinajstić information content (AvgIpc) is 4.02. The molecule has 0 radical (unpaired) electrons. The van der Waals surface area contributed by atoms with E-state index in [4.69, 9.17) is 9.97 Å². The van der Waals surface area contributed by atoms with Crippen LogP contribution in [0.25, 0.3) is 77.6 Å². The third kappa shape index (κ3) is 7.57. The summed E-state index contributed by atoms with van der Waals surface area (Å²) >= 11 is 0. The molecular formula is C53H43N13. The van der Waals surface area contributed by atoms with Gasteiger partial charge in [0.15, 0.2) is 11.3 Å². The molecule has 12 rings (SSSR count). The van der Waals surface area contributed by atoms with Crippen LogP contribution >= 0.6 is 0 Å². The molecule has 0 spiro atoms. The van der Waals surface area contributed by atoms with E-state index in [1.165, 1.54) is 19.3 Å². The minimum Gasteiger partial charge on any atom is -0.370 e. The summed E-state index contributed by atoms with van der Waals surface area (Å²) in [5, 5.41) is 34.2. The summed E-state index contributed by atoms with van der Waals surface area (Å²) in [6.07, 6.45) is 18.6. The van der Waals surface area contributed by atoms with Gasteiger partial charge >= 0.3 is 0 Å². The maximum Gasteiger partial charge on any atom is 0.162 e. The fraction of sp³-hybridized carbons (Fsp3) is 0.170. The van der Waals surface area contributed by atoms with E-state index < -0.39 is 0 Å². The van der Waals surface area contributed by atoms with Crippen LogP contribution in [0, 0.1) is 22.7 Å². The molecule has 13 heteroatoms. The van der Waals surface area contributed by atoms with Crippen molar-refractivity contribution in [2.45, 2.75) is 19.3 Å². The summed E-state index contributed by atoms with van der Waals surface area (Å²) in [5.74, 6) is 0. The Balaban J connectivity index is 0.000000146. The minimum atomic E-state index is 0.680. The summed E-state index contributed by atoms with van der Waals surface area (Å²) in [5.41, 5.74) is 14.7. The number of rotatable bonds is 6. The van der Waals surface area contributed by atoms with Crippen molar-refractivity contribution in [3.05, 3.63) is 158 Å². The van der Waals surface area contributed by atoms with Gasteiger partial charge in [-0.15, -0.1) is 0 Å². The number of benzene rings is 4. The number of piperazine rings is 1. The Kier molecular flexibility index (Phi) is 10.7. The summed E-state index contributed by atoms with van der Waals surface area (Å²) in [6.45, 7) is 5.70. The van der Waals surface area contributed by atoms with Crippen molar-refractivity contribution in [3.63, 3.8) is 0 Å². The smallest absolute Gasteiger partial charge is 0.162 e. The molecule has 2 fully saturated rings. The van der Waals surface area contributed by atoms with E-state index in [9.17, 15) is 10.5 Å². The number of piperidine rings is 1. The third-order valence-electron chi connectivity index (χ3n) is 12.6. The van der Waals surface area contributed by atoms with Gasteiger partial charge in [-0.3, -0.25) is 9.97 Å².